The monoisotopic (exact) mass is 407 g/mol. The quantitative estimate of drug-likeness (QED) is 0.285. The second-order valence-corrected chi connectivity index (χ2v) is 8.22. The maximum atomic E-state index is 5.95. The third kappa shape index (κ3) is 5.06. The average Bonchev–Trinajstić information content (AvgIpc) is 2.62. The van der Waals surface area contributed by atoms with E-state index in [1.807, 2.05) is 11.8 Å². The molecule has 1 unspecified atom stereocenters. The van der Waals surface area contributed by atoms with Gasteiger partial charge >= 0.3 is 0 Å². The molecule has 0 spiro atoms. The van der Waals surface area contributed by atoms with Gasteiger partial charge in [0.25, 0.3) is 0 Å². The number of nitrogens with one attached hydrogen (secondary N) is 1. The summed E-state index contributed by atoms with van der Waals surface area (Å²) >= 11 is 5.36. The first-order valence-electron chi connectivity index (χ1n) is 9.01. The lowest BCUT2D eigenvalue weighted by molar-refractivity contribution is 0.304. The predicted molar refractivity (Wildman–Crippen MR) is 109 cm³/mol. The summed E-state index contributed by atoms with van der Waals surface area (Å²) in [6.07, 6.45) is 15.6. The zero-order valence-electron chi connectivity index (χ0n) is 14.1. The van der Waals surface area contributed by atoms with Crippen LogP contribution in [0.5, 0.6) is 5.75 Å². The Morgan fingerprint density at radius 3 is 2.83 bits per heavy atom. The molecule has 1 aliphatic heterocycles. The SMILES string of the molecule is BrCCCCCCCCOc1ccc2c(c1)NC1C=CCC=C1S2. The van der Waals surface area contributed by atoms with Gasteiger partial charge in [0.1, 0.15) is 5.75 Å². The molecule has 4 heteroatoms. The van der Waals surface area contributed by atoms with Gasteiger partial charge in [0.2, 0.25) is 0 Å². The Kier molecular flexibility index (Phi) is 7.15. The van der Waals surface area contributed by atoms with E-state index >= 15 is 0 Å². The maximum Gasteiger partial charge on any atom is 0.121 e. The number of ether oxygens (including phenoxy) is 1. The first-order chi connectivity index (χ1) is 11.9. The van der Waals surface area contributed by atoms with Crippen molar-refractivity contribution in [3.63, 3.8) is 0 Å². The molecule has 0 amide bonds. The number of thioether (sulfide) groups is 1. The minimum absolute atomic E-state index is 0.339. The van der Waals surface area contributed by atoms with Crippen LogP contribution in [-0.2, 0) is 0 Å². The van der Waals surface area contributed by atoms with Crippen LogP contribution in [0, 0.1) is 0 Å². The zero-order chi connectivity index (χ0) is 16.6. The summed E-state index contributed by atoms with van der Waals surface area (Å²) in [7, 11) is 0. The highest BCUT2D eigenvalue weighted by Crippen LogP contribution is 2.43. The largest absolute Gasteiger partial charge is 0.494 e. The number of rotatable bonds is 9. The van der Waals surface area contributed by atoms with Crippen molar-refractivity contribution in [3.8, 4) is 5.75 Å². The molecule has 2 aliphatic rings. The molecule has 0 saturated heterocycles. The molecule has 0 bridgehead atoms. The van der Waals surface area contributed by atoms with Crippen LogP contribution in [0.2, 0.25) is 0 Å². The van der Waals surface area contributed by atoms with Crippen molar-refractivity contribution in [2.24, 2.45) is 0 Å². The van der Waals surface area contributed by atoms with Gasteiger partial charge in [-0.1, -0.05) is 71.6 Å². The number of anilines is 1. The molecule has 2 nitrogen and oxygen atoms in total. The first kappa shape index (κ1) is 17.9. The fraction of sp³-hybridized carbons (Fsp3) is 0.500. The molecule has 24 heavy (non-hydrogen) atoms. The standard InChI is InChI=1S/C20H26BrNOS/c21-13-7-3-1-2-4-8-14-23-16-11-12-20-18(15-16)22-17-9-5-6-10-19(17)24-20/h5,9-12,15,17,22H,1-4,6-8,13-14H2. The minimum atomic E-state index is 0.339. The van der Waals surface area contributed by atoms with Crippen molar-refractivity contribution in [2.45, 2.75) is 55.9 Å². The lowest BCUT2D eigenvalue weighted by atomic mass is 10.1. The van der Waals surface area contributed by atoms with E-state index in [4.69, 9.17) is 4.74 Å². The predicted octanol–water partition coefficient (Wildman–Crippen LogP) is 6.53. The van der Waals surface area contributed by atoms with Crippen LogP contribution < -0.4 is 10.1 Å². The minimum Gasteiger partial charge on any atom is -0.494 e. The van der Waals surface area contributed by atoms with E-state index in [0.717, 1.165) is 30.5 Å². The molecule has 1 heterocycles. The van der Waals surface area contributed by atoms with E-state index in [1.165, 1.54) is 47.6 Å². The Bertz CT molecular complexity index is 599. The number of hydrogen-bond acceptors (Lipinski definition) is 3. The second-order valence-electron chi connectivity index (χ2n) is 6.31. The third-order valence-electron chi connectivity index (χ3n) is 4.38. The van der Waals surface area contributed by atoms with Gasteiger partial charge in [0, 0.05) is 21.2 Å². The van der Waals surface area contributed by atoms with Crippen LogP contribution in [0.4, 0.5) is 5.69 Å². The number of allylic oxidation sites excluding steroid dienone is 2. The Balaban J connectivity index is 1.43. The molecular formula is C20H26BrNOS. The number of unbranched alkanes of at least 4 members (excludes halogenated alkanes) is 5. The Morgan fingerprint density at radius 2 is 1.96 bits per heavy atom. The summed E-state index contributed by atoms with van der Waals surface area (Å²) < 4.78 is 5.95. The fourth-order valence-electron chi connectivity index (χ4n) is 3.03. The van der Waals surface area contributed by atoms with Crippen LogP contribution in [0.3, 0.4) is 0 Å². The molecular weight excluding hydrogens is 382 g/mol. The Labute approximate surface area is 158 Å². The lowest BCUT2D eigenvalue weighted by Crippen LogP contribution is -2.23. The molecule has 0 saturated carbocycles. The molecule has 0 fully saturated rings. The molecule has 1 atom stereocenters. The summed E-state index contributed by atoms with van der Waals surface area (Å²) in [6.45, 7) is 0.818. The first-order valence-corrected chi connectivity index (χ1v) is 10.9. The van der Waals surface area contributed by atoms with Gasteiger partial charge in [-0.25, -0.2) is 0 Å². The Morgan fingerprint density at radius 1 is 1.12 bits per heavy atom. The summed E-state index contributed by atoms with van der Waals surface area (Å²) in [5.74, 6) is 0.980. The van der Waals surface area contributed by atoms with E-state index in [-0.39, 0.29) is 0 Å². The average molecular weight is 408 g/mol. The summed E-state index contributed by atoms with van der Waals surface area (Å²) in [4.78, 5) is 2.71. The highest BCUT2D eigenvalue weighted by atomic mass is 79.9. The third-order valence-corrected chi connectivity index (χ3v) is 6.17. The highest BCUT2D eigenvalue weighted by molar-refractivity contribution is 9.09. The number of benzene rings is 1. The van der Waals surface area contributed by atoms with Crippen molar-refractivity contribution in [1.82, 2.24) is 0 Å². The zero-order valence-corrected chi connectivity index (χ0v) is 16.5. The van der Waals surface area contributed by atoms with Gasteiger partial charge < -0.3 is 10.1 Å². The number of alkyl halides is 1. The van der Waals surface area contributed by atoms with E-state index in [2.05, 4.69) is 57.7 Å². The molecule has 130 valence electrons. The van der Waals surface area contributed by atoms with E-state index in [9.17, 15) is 0 Å². The van der Waals surface area contributed by atoms with Gasteiger partial charge in [-0.3, -0.25) is 0 Å². The van der Waals surface area contributed by atoms with E-state index < -0.39 is 0 Å². The van der Waals surface area contributed by atoms with Crippen molar-refractivity contribution in [1.29, 1.82) is 0 Å². The van der Waals surface area contributed by atoms with Crippen molar-refractivity contribution in [3.05, 3.63) is 41.3 Å². The van der Waals surface area contributed by atoms with Crippen LogP contribution in [0.1, 0.15) is 44.9 Å². The summed E-state index contributed by atoms with van der Waals surface area (Å²) in [5, 5.41) is 4.74. The Hall–Kier alpha value is -0.870. The van der Waals surface area contributed by atoms with Gasteiger partial charge in [-0.15, -0.1) is 0 Å². The lowest BCUT2D eigenvalue weighted by Gasteiger charge is -2.29. The highest BCUT2D eigenvalue weighted by Gasteiger charge is 2.22. The molecule has 1 aliphatic carbocycles. The smallest absolute Gasteiger partial charge is 0.121 e. The van der Waals surface area contributed by atoms with Crippen LogP contribution in [0.25, 0.3) is 0 Å². The molecule has 1 N–H and O–H groups in total. The molecule has 3 rings (SSSR count). The van der Waals surface area contributed by atoms with Gasteiger partial charge in [-0.2, -0.15) is 0 Å². The number of halogens is 1. The van der Waals surface area contributed by atoms with Crippen molar-refractivity contribution in [2.75, 3.05) is 17.3 Å². The molecule has 1 aromatic carbocycles. The van der Waals surface area contributed by atoms with Gasteiger partial charge in [0.05, 0.1) is 18.3 Å². The second kappa shape index (κ2) is 9.57. The fourth-order valence-corrected chi connectivity index (χ4v) is 4.49. The van der Waals surface area contributed by atoms with E-state index in [1.54, 1.807) is 0 Å². The normalized spacial score (nSPS) is 18.4. The molecule has 1 aromatic rings. The van der Waals surface area contributed by atoms with Crippen molar-refractivity contribution < 1.29 is 4.74 Å². The topological polar surface area (TPSA) is 21.3 Å². The van der Waals surface area contributed by atoms with Gasteiger partial charge in [0.15, 0.2) is 0 Å². The molecule has 0 aromatic heterocycles. The number of hydrogen-bond donors (Lipinski definition) is 1. The summed E-state index contributed by atoms with van der Waals surface area (Å²) in [6, 6.07) is 6.77. The van der Waals surface area contributed by atoms with Crippen LogP contribution in [0.15, 0.2) is 46.2 Å². The van der Waals surface area contributed by atoms with E-state index in [0.29, 0.717) is 6.04 Å². The maximum absolute atomic E-state index is 5.95. The van der Waals surface area contributed by atoms with Crippen LogP contribution >= 0.6 is 27.7 Å². The van der Waals surface area contributed by atoms with Crippen molar-refractivity contribution >= 4 is 33.4 Å². The molecule has 0 radical (unpaired) electrons. The van der Waals surface area contributed by atoms with Crippen LogP contribution in [-0.4, -0.2) is 18.0 Å². The van der Waals surface area contributed by atoms with Gasteiger partial charge in [-0.05, 0) is 31.4 Å². The number of fused-ring (bicyclic) bond motifs is 2. The summed E-state index contributed by atoms with van der Waals surface area (Å²) in [5.41, 5.74) is 1.20.